The van der Waals surface area contributed by atoms with E-state index in [1.54, 1.807) is 35.2 Å². The topological polar surface area (TPSA) is 181 Å². The lowest BCUT2D eigenvalue weighted by Gasteiger charge is -2.34. The monoisotopic (exact) mass is 716 g/mol. The maximum atomic E-state index is 14.5. The van der Waals surface area contributed by atoms with Crippen molar-refractivity contribution in [2.45, 2.75) is 15.1 Å². The van der Waals surface area contributed by atoms with E-state index in [4.69, 9.17) is 4.74 Å². The Kier molecular flexibility index (Phi) is 10.5. The average molecular weight is 717 g/mol. The normalized spacial score (nSPS) is 13.5. The van der Waals surface area contributed by atoms with Gasteiger partial charge in [0.25, 0.3) is 9.84 Å². The first-order valence-corrected chi connectivity index (χ1v) is 17.8. The number of thioether (sulfide) groups is 1. The number of hydrogen-bond donors (Lipinski definition) is 1. The summed E-state index contributed by atoms with van der Waals surface area (Å²) >= 11 is 1.11. The summed E-state index contributed by atoms with van der Waals surface area (Å²) in [4.78, 5) is 25.7. The standard InChI is InChI=1S/C33H29FN8O6S2/c34-26-13-7-8-14-27(26)36-30-25(21-35)29(23-9-3-1-4-10-23)37-33(38-30)49-22-28(43)41-17-15-40(16-18-41)19-20-47-31-32(42(44)48-39-31)50(45,46)24-11-5-2-6-12-24/h1-14H,15-20,22H2,(H,36,37,38). The molecule has 0 aliphatic carbocycles. The maximum Gasteiger partial charge on any atom is 0.415 e. The summed E-state index contributed by atoms with van der Waals surface area (Å²) in [6.07, 6.45) is 0. The molecule has 0 atom stereocenters. The summed E-state index contributed by atoms with van der Waals surface area (Å²) in [6, 6.07) is 24.7. The molecular formula is C33H29FN8O6S2. The lowest BCUT2D eigenvalue weighted by molar-refractivity contribution is -0.832. The Morgan fingerprint density at radius 2 is 1.70 bits per heavy atom. The van der Waals surface area contributed by atoms with Gasteiger partial charge in [-0.05, 0) is 29.2 Å². The van der Waals surface area contributed by atoms with Gasteiger partial charge in [0.15, 0.2) is 11.0 Å². The van der Waals surface area contributed by atoms with E-state index in [-0.39, 0.29) is 50.3 Å². The second-order valence-electron chi connectivity index (χ2n) is 10.9. The van der Waals surface area contributed by atoms with Crippen molar-refractivity contribution >= 4 is 39.0 Å². The van der Waals surface area contributed by atoms with Crippen LogP contribution in [0.3, 0.4) is 0 Å². The molecule has 0 saturated carbocycles. The van der Waals surface area contributed by atoms with Crippen molar-refractivity contribution in [3.05, 3.63) is 102 Å². The number of carbonyl (C=O) groups excluding carboxylic acids is 1. The van der Waals surface area contributed by atoms with Crippen LogP contribution in [0.15, 0.2) is 105 Å². The maximum absolute atomic E-state index is 14.5. The number of para-hydroxylation sites is 1. The minimum absolute atomic E-state index is 0.0245. The van der Waals surface area contributed by atoms with Crippen LogP contribution in [0.25, 0.3) is 11.3 Å². The number of hydrogen-bond acceptors (Lipinski definition) is 13. The SMILES string of the molecule is N#Cc1c(Nc2ccccc2F)nc(SCC(=O)N2CCN(CCOc3no[n+]([O-])c3S(=O)(=O)c3ccccc3)CC2)nc1-c1ccccc1. The minimum Gasteiger partial charge on any atom is -0.453 e. The first-order chi connectivity index (χ1) is 24.2. The molecule has 0 unspecified atom stereocenters. The van der Waals surface area contributed by atoms with Gasteiger partial charge in [-0.2, -0.15) is 5.26 Å². The number of anilines is 2. The van der Waals surface area contributed by atoms with Gasteiger partial charge in [-0.3, -0.25) is 14.3 Å². The van der Waals surface area contributed by atoms with Crippen LogP contribution in [0.5, 0.6) is 5.88 Å². The number of nitriles is 1. The highest BCUT2D eigenvalue weighted by Gasteiger charge is 2.36. The summed E-state index contributed by atoms with van der Waals surface area (Å²) in [5.74, 6) is -0.925. The van der Waals surface area contributed by atoms with Gasteiger partial charge < -0.3 is 20.2 Å². The molecule has 5 aromatic rings. The summed E-state index contributed by atoms with van der Waals surface area (Å²) in [5.41, 5.74) is 1.30. The van der Waals surface area contributed by atoms with Crippen LogP contribution in [0.4, 0.5) is 15.9 Å². The molecule has 0 spiro atoms. The minimum atomic E-state index is -4.23. The Balaban J connectivity index is 1.06. The molecule has 256 valence electrons. The molecule has 0 radical (unpaired) electrons. The Labute approximate surface area is 290 Å². The highest BCUT2D eigenvalue weighted by molar-refractivity contribution is 7.99. The predicted octanol–water partition coefficient (Wildman–Crippen LogP) is 3.67. The van der Waals surface area contributed by atoms with E-state index in [9.17, 15) is 28.1 Å². The molecular weight excluding hydrogens is 688 g/mol. The molecule has 1 aliphatic rings. The van der Waals surface area contributed by atoms with Crippen molar-refractivity contribution in [1.29, 1.82) is 5.26 Å². The number of benzene rings is 3. The number of nitrogens with zero attached hydrogens (tertiary/aromatic N) is 7. The van der Waals surface area contributed by atoms with E-state index < -0.39 is 26.6 Å². The van der Waals surface area contributed by atoms with Crippen LogP contribution in [-0.2, 0) is 14.6 Å². The zero-order chi connectivity index (χ0) is 35.1. The molecule has 1 fully saturated rings. The van der Waals surface area contributed by atoms with Crippen molar-refractivity contribution < 1.29 is 31.9 Å². The fraction of sp³-hybridized carbons (Fsp3) is 0.212. The van der Waals surface area contributed by atoms with E-state index in [1.165, 1.54) is 36.4 Å². The predicted molar refractivity (Wildman–Crippen MR) is 178 cm³/mol. The number of amides is 1. The smallest absolute Gasteiger partial charge is 0.415 e. The van der Waals surface area contributed by atoms with Crippen molar-refractivity contribution in [3.8, 4) is 23.2 Å². The summed E-state index contributed by atoms with van der Waals surface area (Å²) in [5, 5.41) is 28.1. The van der Waals surface area contributed by atoms with Crippen LogP contribution in [0, 0.1) is 22.4 Å². The molecule has 3 aromatic carbocycles. The fourth-order valence-electron chi connectivity index (χ4n) is 5.15. The summed E-state index contributed by atoms with van der Waals surface area (Å²) in [7, 11) is -4.23. The van der Waals surface area contributed by atoms with Crippen molar-refractivity contribution in [1.82, 2.24) is 24.9 Å². The molecule has 3 heterocycles. The molecule has 17 heteroatoms. The molecule has 2 aromatic heterocycles. The Bertz CT molecular complexity index is 2120. The lowest BCUT2D eigenvalue weighted by Crippen LogP contribution is -2.50. The van der Waals surface area contributed by atoms with Crippen LogP contribution in [0.2, 0.25) is 0 Å². The van der Waals surface area contributed by atoms with Gasteiger partial charge in [-0.15, -0.1) is 0 Å². The molecule has 1 N–H and O–H groups in total. The number of piperazine rings is 1. The number of halogens is 1. The van der Waals surface area contributed by atoms with Crippen molar-refractivity contribution in [3.63, 3.8) is 0 Å². The van der Waals surface area contributed by atoms with Gasteiger partial charge in [-0.1, -0.05) is 72.4 Å². The van der Waals surface area contributed by atoms with E-state index in [0.29, 0.717) is 44.0 Å². The third-order valence-electron chi connectivity index (χ3n) is 7.73. The number of aromatic nitrogens is 4. The molecule has 50 heavy (non-hydrogen) atoms. The van der Waals surface area contributed by atoms with Gasteiger partial charge in [0, 0.05) is 38.3 Å². The molecule has 1 amide bonds. The van der Waals surface area contributed by atoms with Gasteiger partial charge in [0.05, 0.1) is 27.2 Å². The third kappa shape index (κ3) is 7.67. The quantitative estimate of drug-likeness (QED) is 0.112. The molecule has 1 saturated heterocycles. The summed E-state index contributed by atoms with van der Waals surface area (Å²) in [6.45, 7) is 2.32. The first kappa shape index (κ1) is 34.3. The second-order valence-corrected chi connectivity index (χ2v) is 13.7. The van der Waals surface area contributed by atoms with Crippen LogP contribution in [0.1, 0.15) is 5.56 Å². The average Bonchev–Trinajstić information content (AvgIpc) is 3.52. The van der Waals surface area contributed by atoms with Crippen molar-refractivity contribution in [2.24, 2.45) is 0 Å². The highest BCUT2D eigenvalue weighted by atomic mass is 32.2. The first-order valence-electron chi connectivity index (χ1n) is 15.3. The Hall–Kier alpha value is -5.57. The zero-order valence-electron chi connectivity index (χ0n) is 26.3. The molecule has 1 aliphatic heterocycles. The fourth-order valence-corrected chi connectivity index (χ4v) is 7.19. The molecule has 6 rings (SSSR count). The van der Waals surface area contributed by atoms with Gasteiger partial charge in [0.1, 0.15) is 24.1 Å². The van der Waals surface area contributed by atoms with Crippen LogP contribution >= 0.6 is 11.8 Å². The number of rotatable bonds is 12. The second kappa shape index (κ2) is 15.3. The number of ether oxygens (including phenoxy) is 1. The largest absolute Gasteiger partial charge is 0.453 e. The van der Waals surface area contributed by atoms with Crippen LogP contribution in [-0.4, -0.2) is 84.3 Å². The van der Waals surface area contributed by atoms with Gasteiger partial charge in [0.2, 0.25) is 5.91 Å². The van der Waals surface area contributed by atoms with Crippen molar-refractivity contribution in [2.75, 3.05) is 50.4 Å². The summed E-state index contributed by atoms with van der Waals surface area (Å²) < 4.78 is 50.5. The van der Waals surface area contributed by atoms with Gasteiger partial charge >= 0.3 is 10.9 Å². The Morgan fingerprint density at radius 1 is 1.02 bits per heavy atom. The number of sulfone groups is 1. The van der Waals surface area contributed by atoms with Crippen LogP contribution < -0.4 is 15.0 Å². The molecule has 0 bridgehead atoms. The van der Waals surface area contributed by atoms with E-state index >= 15 is 0 Å². The van der Waals surface area contributed by atoms with Gasteiger partial charge in [-0.25, -0.2) is 22.8 Å². The number of nitrogens with one attached hydrogen (secondary N) is 1. The lowest BCUT2D eigenvalue weighted by atomic mass is 10.1. The third-order valence-corrected chi connectivity index (χ3v) is 10.3. The van der Waals surface area contributed by atoms with E-state index in [2.05, 4.69) is 31.1 Å². The highest BCUT2D eigenvalue weighted by Crippen LogP contribution is 2.31. The van der Waals surface area contributed by atoms with E-state index in [0.717, 1.165) is 11.8 Å². The van der Waals surface area contributed by atoms with E-state index in [1.807, 2.05) is 23.1 Å². The molecule has 14 nitrogen and oxygen atoms in total. The zero-order valence-corrected chi connectivity index (χ0v) is 27.9. The Morgan fingerprint density at radius 3 is 2.40 bits per heavy atom. The number of carbonyl (C=O) groups is 1.